The van der Waals surface area contributed by atoms with Crippen molar-refractivity contribution in [2.24, 2.45) is 11.8 Å². The van der Waals surface area contributed by atoms with E-state index in [4.69, 9.17) is 5.11 Å². The second-order valence-electron chi connectivity index (χ2n) is 6.18. The largest absolute Gasteiger partial charge is 0.478 e. The molecule has 4 nitrogen and oxygen atoms in total. The normalized spacial score (nSPS) is 22.8. The van der Waals surface area contributed by atoms with Gasteiger partial charge in [0.2, 0.25) is 0 Å². The van der Waals surface area contributed by atoms with E-state index in [0.717, 1.165) is 0 Å². The van der Waals surface area contributed by atoms with Crippen LogP contribution in [0.2, 0.25) is 0 Å². The van der Waals surface area contributed by atoms with Crippen molar-refractivity contribution in [2.45, 2.75) is 58.5 Å². The van der Waals surface area contributed by atoms with Gasteiger partial charge in [-0.05, 0) is 38.0 Å². The molecule has 0 unspecified atom stereocenters. The smallest absolute Gasteiger partial charge is 0.331 e. The number of hydrogen-bond acceptors (Lipinski definition) is 3. The maximum atomic E-state index is 11.8. The molecule has 0 bridgehead atoms. The van der Waals surface area contributed by atoms with Crippen molar-refractivity contribution in [1.82, 2.24) is 0 Å². The maximum absolute atomic E-state index is 11.8. The molecule has 0 amide bonds. The quantitative estimate of drug-likeness (QED) is 0.776. The molecule has 0 radical (unpaired) electrons. The summed E-state index contributed by atoms with van der Waals surface area (Å²) >= 11 is 0. The molecule has 1 aliphatic carbocycles. The Labute approximate surface area is 114 Å². The van der Waals surface area contributed by atoms with Gasteiger partial charge in [0.05, 0.1) is 5.60 Å². The van der Waals surface area contributed by atoms with Crippen molar-refractivity contribution in [1.29, 1.82) is 0 Å². The molecule has 0 aromatic carbocycles. The number of allylic oxidation sites excluding steroid dienone is 1. The molecule has 0 saturated heterocycles. The number of aliphatic hydroxyl groups is 1. The molecule has 2 N–H and O–H groups in total. The molecule has 0 fully saturated rings. The Morgan fingerprint density at radius 2 is 2.11 bits per heavy atom. The summed E-state index contributed by atoms with van der Waals surface area (Å²) in [5, 5.41) is 19.3. The first-order chi connectivity index (χ1) is 8.72. The monoisotopic (exact) mass is 268 g/mol. The van der Waals surface area contributed by atoms with E-state index in [1.807, 2.05) is 13.8 Å². The van der Waals surface area contributed by atoms with Crippen LogP contribution in [-0.2, 0) is 9.59 Å². The molecular formula is C15H24O4. The number of hydrogen-bond donors (Lipinski definition) is 2. The number of carbonyl (C=O) groups excluding carboxylic acids is 1. The standard InChI is InChI=1S/C15H24O4/c1-10(2)8-13(16)9-15(3,19)12-6-4-11(5-7-12)14(17)18/h4,10,12,19H,5-9H2,1-3H3,(H,17,18)/t12-,15+/m0/s1. The molecule has 0 aliphatic heterocycles. The van der Waals surface area contributed by atoms with Crippen molar-refractivity contribution in [3.63, 3.8) is 0 Å². The van der Waals surface area contributed by atoms with Crippen molar-refractivity contribution < 1.29 is 19.8 Å². The highest BCUT2D eigenvalue weighted by molar-refractivity contribution is 5.86. The average Bonchev–Trinajstić information content (AvgIpc) is 2.27. The number of carbonyl (C=O) groups is 2. The summed E-state index contributed by atoms with van der Waals surface area (Å²) in [5.41, 5.74) is -0.618. The number of carboxylic acid groups (broad SMARTS) is 1. The van der Waals surface area contributed by atoms with Crippen LogP contribution in [0, 0.1) is 11.8 Å². The zero-order valence-corrected chi connectivity index (χ0v) is 12.0. The van der Waals surface area contributed by atoms with Gasteiger partial charge in [0.15, 0.2) is 0 Å². The van der Waals surface area contributed by atoms with Crippen LogP contribution in [-0.4, -0.2) is 27.6 Å². The molecule has 4 heteroatoms. The molecule has 0 spiro atoms. The van der Waals surface area contributed by atoms with Crippen LogP contribution in [0.15, 0.2) is 11.6 Å². The first-order valence-corrected chi connectivity index (χ1v) is 6.88. The Morgan fingerprint density at radius 3 is 2.53 bits per heavy atom. The van der Waals surface area contributed by atoms with Crippen molar-refractivity contribution >= 4 is 11.8 Å². The molecule has 0 saturated carbocycles. The van der Waals surface area contributed by atoms with E-state index in [0.29, 0.717) is 37.2 Å². The van der Waals surface area contributed by atoms with Crippen LogP contribution in [0.1, 0.15) is 52.9 Å². The van der Waals surface area contributed by atoms with E-state index in [-0.39, 0.29) is 18.1 Å². The second-order valence-corrected chi connectivity index (χ2v) is 6.18. The molecule has 0 aromatic heterocycles. The van der Waals surface area contributed by atoms with Crippen LogP contribution < -0.4 is 0 Å². The van der Waals surface area contributed by atoms with Gasteiger partial charge in [-0.15, -0.1) is 0 Å². The lowest BCUT2D eigenvalue weighted by molar-refractivity contribution is -0.133. The van der Waals surface area contributed by atoms with Crippen LogP contribution in [0.25, 0.3) is 0 Å². The number of aliphatic carboxylic acids is 1. The Kier molecular flexibility index (Phi) is 5.29. The zero-order chi connectivity index (χ0) is 14.6. The van der Waals surface area contributed by atoms with Gasteiger partial charge in [-0.2, -0.15) is 0 Å². The first kappa shape index (κ1) is 15.9. The Hall–Kier alpha value is -1.16. The fourth-order valence-electron chi connectivity index (χ4n) is 2.66. The number of Topliss-reactive ketones (excluding diaryl/α,β-unsaturated/α-hetero) is 1. The molecule has 1 rings (SSSR count). The fraction of sp³-hybridized carbons (Fsp3) is 0.733. The highest BCUT2D eigenvalue weighted by Gasteiger charge is 2.35. The summed E-state index contributed by atoms with van der Waals surface area (Å²) < 4.78 is 0. The van der Waals surface area contributed by atoms with Gasteiger partial charge in [-0.1, -0.05) is 19.9 Å². The van der Waals surface area contributed by atoms with Gasteiger partial charge in [-0.25, -0.2) is 4.79 Å². The summed E-state index contributed by atoms with van der Waals surface area (Å²) in [6.07, 6.45) is 3.95. The van der Waals surface area contributed by atoms with Gasteiger partial charge in [0, 0.05) is 18.4 Å². The SMILES string of the molecule is CC(C)CC(=O)C[C@@](C)(O)[C@H]1CC=C(C(=O)O)CC1. The summed E-state index contributed by atoms with van der Waals surface area (Å²) in [6.45, 7) is 5.65. The highest BCUT2D eigenvalue weighted by atomic mass is 16.4. The summed E-state index contributed by atoms with van der Waals surface area (Å²) in [7, 11) is 0. The number of rotatable bonds is 6. The lowest BCUT2D eigenvalue weighted by Gasteiger charge is -2.34. The second kappa shape index (κ2) is 6.33. The maximum Gasteiger partial charge on any atom is 0.331 e. The van der Waals surface area contributed by atoms with E-state index < -0.39 is 11.6 Å². The molecule has 1 aliphatic rings. The Morgan fingerprint density at radius 1 is 1.47 bits per heavy atom. The predicted molar refractivity (Wildman–Crippen MR) is 72.8 cm³/mol. The van der Waals surface area contributed by atoms with E-state index in [1.54, 1.807) is 13.0 Å². The first-order valence-electron chi connectivity index (χ1n) is 6.88. The third kappa shape index (κ3) is 4.78. The fourth-order valence-corrected chi connectivity index (χ4v) is 2.66. The van der Waals surface area contributed by atoms with Crippen LogP contribution >= 0.6 is 0 Å². The zero-order valence-electron chi connectivity index (χ0n) is 12.0. The van der Waals surface area contributed by atoms with Crippen molar-refractivity contribution in [2.75, 3.05) is 0 Å². The Bertz CT molecular complexity index is 380. The highest BCUT2D eigenvalue weighted by Crippen LogP contribution is 2.34. The van der Waals surface area contributed by atoms with Gasteiger partial charge < -0.3 is 10.2 Å². The third-order valence-electron chi connectivity index (χ3n) is 3.76. The molecule has 108 valence electrons. The van der Waals surface area contributed by atoms with E-state index in [2.05, 4.69) is 0 Å². The summed E-state index contributed by atoms with van der Waals surface area (Å²) in [5.74, 6) is -0.540. The molecule has 19 heavy (non-hydrogen) atoms. The van der Waals surface area contributed by atoms with Gasteiger partial charge in [-0.3, -0.25) is 4.79 Å². The molecule has 2 atom stereocenters. The summed E-state index contributed by atoms with van der Waals surface area (Å²) in [6, 6.07) is 0. The minimum absolute atomic E-state index is 0.0355. The lowest BCUT2D eigenvalue weighted by atomic mass is 9.75. The summed E-state index contributed by atoms with van der Waals surface area (Å²) in [4.78, 5) is 22.6. The van der Waals surface area contributed by atoms with E-state index >= 15 is 0 Å². The number of ketones is 1. The Balaban J connectivity index is 2.59. The van der Waals surface area contributed by atoms with E-state index in [9.17, 15) is 14.7 Å². The molecular weight excluding hydrogens is 244 g/mol. The lowest BCUT2D eigenvalue weighted by Crippen LogP contribution is -2.38. The molecule has 0 aromatic rings. The average molecular weight is 268 g/mol. The predicted octanol–water partition coefficient (Wildman–Crippen LogP) is 2.55. The number of carboxylic acids is 1. The minimum Gasteiger partial charge on any atom is -0.478 e. The van der Waals surface area contributed by atoms with Crippen molar-refractivity contribution in [3.05, 3.63) is 11.6 Å². The van der Waals surface area contributed by atoms with Gasteiger partial charge in [0.25, 0.3) is 0 Å². The van der Waals surface area contributed by atoms with Crippen LogP contribution in [0.5, 0.6) is 0 Å². The van der Waals surface area contributed by atoms with Gasteiger partial charge in [0.1, 0.15) is 5.78 Å². The minimum atomic E-state index is -1.04. The topological polar surface area (TPSA) is 74.6 Å². The third-order valence-corrected chi connectivity index (χ3v) is 3.76. The van der Waals surface area contributed by atoms with Gasteiger partial charge >= 0.3 is 5.97 Å². The van der Waals surface area contributed by atoms with Crippen LogP contribution in [0.4, 0.5) is 0 Å². The van der Waals surface area contributed by atoms with E-state index in [1.165, 1.54) is 0 Å². The van der Waals surface area contributed by atoms with Crippen molar-refractivity contribution in [3.8, 4) is 0 Å². The van der Waals surface area contributed by atoms with Crippen LogP contribution in [0.3, 0.4) is 0 Å². The molecule has 0 heterocycles.